The average Bonchev–Trinajstić information content (AvgIpc) is 2.94. The van der Waals surface area contributed by atoms with Crippen LogP contribution >= 0.6 is 22.9 Å². The first-order valence-corrected chi connectivity index (χ1v) is 8.59. The Morgan fingerprint density at radius 1 is 1.35 bits per heavy atom. The maximum Gasteiger partial charge on any atom is 0.277 e. The highest BCUT2D eigenvalue weighted by molar-refractivity contribution is 7.14. The van der Waals surface area contributed by atoms with Crippen molar-refractivity contribution < 1.29 is 8.78 Å². The first-order chi connectivity index (χ1) is 10.8. The van der Waals surface area contributed by atoms with Gasteiger partial charge in [-0.2, -0.15) is 0 Å². The summed E-state index contributed by atoms with van der Waals surface area (Å²) >= 11 is 7.43. The van der Waals surface area contributed by atoms with Gasteiger partial charge in [-0.15, -0.1) is 11.3 Å². The highest BCUT2D eigenvalue weighted by atomic mass is 35.5. The summed E-state index contributed by atoms with van der Waals surface area (Å²) in [6, 6.07) is 0. The van der Waals surface area contributed by atoms with E-state index in [4.69, 9.17) is 11.6 Å². The lowest BCUT2D eigenvalue weighted by Gasteiger charge is -2.19. The van der Waals surface area contributed by atoms with Gasteiger partial charge < -0.3 is 0 Å². The highest BCUT2D eigenvalue weighted by Crippen LogP contribution is 2.67. The van der Waals surface area contributed by atoms with Gasteiger partial charge in [0, 0.05) is 17.8 Å². The summed E-state index contributed by atoms with van der Waals surface area (Å²) in [6.07, 6.45) is 2.33. The average molecular weight is 358 g/mol. The molecule has 4 nitrogen and oxygen atoms in total. The third kappa shape index (κ3) is 2.16. The van der Waals surface area contributed by atoms with Crippen molar-refractivity contribution in [1.29, 1.82) is 0 Å². The summed E-state index contributed by atoms with van der Waals surface area (Å²) < 4.78 is 28.4. The molecule has 0 aliphatic heterocycles. The SMILES string of the molecule is Cc1ncc(-n2c(C3C[C@@H]4[C@H](C3)C4(F)F)nc(C)c(Cl)c2=O)s1. The van der Waals surface area contributed by atoms with E-state index in [0.29, 0.717) is 29.4 Å². The fourth-order valence-electron chi connectivity index (χ4n) is 3.59. The van der Waals surface area contributed by atoms with Gasteiger partial charge >= 0.3 is 0 Å². The van der Waals surface area contributed by atoms with E-state index in [-0.39, 0.29) is 16.5 Å². The Balaban J connectivity index is 1.82. The summed E-state index contributed by atoms with van der Waals surface area (Å²) in [6.45, 7) is 3.51. The molecule has 2 aromatic rings. The second-order valence-electron chi connectivity index (χ2n) is 6.28. The monoisotopic (exact) mass is 357 g/mol. The summed E-state index contributed by atoms with van der Waals surface area (Å²) in [5.41, 5.74) is 0.0848. The minimum Gasteiger partial charge on any atom is -0.267 e. The van der Waals surface area contributed by atoms with Crippen LogP contribution in [-0.2, 0) is 0 Å². The van der Waals surface area contributed by atoms with E-state index in [1.807, 2.05) is 6.92 Å². The van der Waals surface area contributed by atoms with E-state index >= 15 is 0 Å². The molecular formula is C15H14ClF2N3OS. The molecule has 2 heterocycles. The van der Waals surface area contributed by atoms with Gasteiger partial charge in [0.1, 0.15) is 15.8 Å². The van der Waals surface area contributed by atoms with E-state index < -0.39 is 17.8 Å². The number of fused-ring (bicyclic) bond motifs is 1. The summed E-state index contributed by atoms with van der Waals surface area (Å²) in [5.74, 6) is -3.29. The largest absolute Gasteiger partial charge is 0.277 e. The van der Waals surface area contributed by atoms with Gasteiger partial charge in [0.2, 0.25) is 0 Å². The molecule has 0 N–H and O–H groups in total. The molecular weight excluding hydrogens is 344 g/mol. The van der Waals surface area contributed by atoms with Crippen molar-refractivity contribution in [2.75, 3.05) is 0 Å². The van der Waals surface area contributed by atoms with Crippen LogP contribution < -0.4 is 5.56 Å². The van der Waals surface area contributed by atoms with E-state index in [0.717, 1.165) is 5.01 Å². The number of halogens is 3. The zero-order valence-electron chi connectivity index (χ0n) is 12.5. The zero-order valence-corrected chi connectivity index (χ0v) is 14.1. The summed E-state index contributed by atoms with van der Waals surface area (Å²) in [4.78, 5) is 21.3. The molecule has 0 spiro atoms. The quantitative estimate of drug-likeness (QED) is 0.823. The zero-order chi connectivity index (χ0) is 16.5. The molecule has 2 fully saturated rings. The standard InChI is InChI=1S/C15H14ClF2N3OS/c1-6-12(16)14(22)21(11-5-19-7(2)23-11)13(20-6)8-3-9-10(4-8)15(9,17)18/h5,8-10H,3-4H2,1-2H3/t8?,9-,10+. The Kier molecular flexibility index (Phi) is 3.19. The summed E-state index contributed by atoms with van der Waals surface area (Å²) in [5, 5.41) is 1.51. The van der Waals surface area contributed by atoms with Crippen LogP contribution in [0.25, 0.3) is 5.00 Å². The molecule has 2 aliphatic carbocycles. The van der Waals surface area contributed by atoms with Crippen molar-refractivity contribution >= 4 is 22.9 Å². The number of nitrogens with zero attached hydrogens (tertiary/aromatic N) is 3. The van der Waals surface area contributed by atoms with Crippen molar-refractivity contribution in [3.8, 4) is 5.00 Å². The first-order valence-electron chi connectivity index (χ1n) is 7.40. The van der Waals surface area contributed by atoms with E-state index in [1.54, 1.807) is 13.1 Å². The lowest BCUT2D eigenvalue weighted by atomic mass is 10.0. The molecule has 3 atom stereocenters. The molecule has 2 aromatic heterocycles. The Morgan fingerprint density at radius 3 is 2.57 bits per heavy atom. The molecule has 2 saturated carbocycles. The second kappa shape index (κ2) is 4.83. The molecule has 1 unspecified atom stereocenters. The fourth-order valence-corrected chi connectivity index (χ4v) is 4.50. The van der Waals surface area contributed by atoms with Gasteiger partial charge in [-0.05, 0) is 26.7 Å². The molecule has 122 valence electrons. The van der Waals surface area contributed by atoms with E-state index in [2.05, 4.69) is 9.97 Å². The van der Waals surface area contributed by atoms with Crippen molar-refractivity contribution in [2.24, 2.45) is 11.8 Å². The van der Waals surface area contributed by atoms with E-state index in [1.165, 1.54) is 15.9 Å². The number of thiazole rings is 1. The second-order valence-corrected chi connectivity index (χ2v) is 7.87. The molecule has 8 heteroatoms. The fraction of sp³-hybridized carbons (Fsp3) is 0.533. The van der Waals surface area contributed by atoms with Crippen molar-refractivity contribution in [2.45, 2.75) is 38.5 Å². The normalized spacial score (nSPS) is 28.0. The Hall–Kier alpha value is -1.34. The number of aryl methyl sites for hydroxylation is 2. The topological polar surface area (TPSA) is 47.8 Å². The Bertz CT molecular complexity index is 849. The summed E-state index contributed by atoms with van der Waals surface area (Å²) in [7, 11) is 0. The predicted octanol–water partition coefficient (Wildman–Crippen LogP) is 3.72. The highest BCUT2D eigenvalue weighted by Gasteiger charge is 2.71. The van der Waals surface area contributed by atoms with Crippen molar-refractivity contribution in [3.63, 3.8) is 0 Å². The van der Waals surface area contributed by atoms with E-state index in [9.17, 15) is 13.6 Å². The minimum absolute atomic E-state index is 0.0632. The van der Waals surface area contributed by atoms with Crippen LogP contribution in [0.5, 0.6) is 0 Å². The first kappa shape index (κ1) is 15.2. The van der Waals surface area contributed by atoms with Crippen LogP contribution in [0.4, 0.5) is 8.78 Å². The van der Waals surface area contributed by atoms with Gasteiger partial charge in [-0.3, -0.25) is 9.36 Å². The molecule has 0 bridgehead atoms. The third-order valence-corrected chi connectivity index (χ3v) is 6.19. The van der Waals surface area contributed by atoms with Crippen LogP contribution in [0.3, 0.4) is 0 Å². The van der Waals surface area contributed by atoms with Crippen LogP contribution in [0.2, 0.25) is 5.02 Å². The predicted molar refractivity (Wildman–Crippen MR) is 83.9 cm³/mol. The number of hydrogen-bond donors (Lipinski definition) is 0. The molecule has 23 heavy (non-hydrogen) atoms. The molecule has 0 saturated heterocycles. The number of aromatic nitrogens is 3. The van der Waals surface area contributed by atoms with Gasteiger partial charge in [-0.25, -0.2) is 18.7 Å². The van der Waals surface area contributed by atoms with Crippen LogP contribution in [-0.4, -0.2) is 20.5 Å². The van der Waals surface area contributed by atoms with Gasteiger partial charge in [0.15, 0.2) is 0 Å². The van der Waals surface area contributed by atoms with Crippen LogP contribution in [0, 0.1) is 25.7 Å². The maximum atomic E-state index is 13.5. The Morgan fingerprint density at radius 2 is 2.00 bits per heavy atom. The van der Waals surface area contributed by atoms with Crippen molar-refractivity contribution in [3.05, 3.63) is 38.1 Å². The minimum atomic E-state index is -2.54. The van der Waals surface area contributed by atoms with Crippen LogP contribution in [0.15, 0.2) is 11.0 Å². The van der Waals surface area contributed by atoms with Crippen LogP contribution in [0.1, 0.15) is 35.3 Å². The number of rotatable bonds is 2. The molecule has 0 aromatic carbocycles. The lowest BCUT2D eigenvalue weighted by Crippen LogP contribution is -2.26. The molecule has 0 radical (unpaired) electrons. The number of alkyl halides is 2. The van der Waals surface area contributed by atoms with Crippen molar-refractivity contribution in [1.82, 2.24) is 14.5 Å². The number of hydrogen-bond acceptors (Lipinski definition) is 4. The smallest absolute Gasteiger partial charge is 0.267 e. The lowest BCUT2D eigenvalue weighted by molar-refractivity contribution is 0.0689. The maximum absolute atomic E-state index is 13.5. The van der Waals surface area contributed by atoms with Gasteiger partial charge in [0.25, 0.3) is 11.5 Å². The van der Waals surface area contributed by atoms with Gasteiger partial charge in [-0.1, -0.05) is 11.6 Å². The molecule has 4 rings (SSSR count). The molecule has 2 aliphatic rings. The Labute approximate surface area is 140 Å². The third-order valence-electron chi connectivity index (χ3n) is 4.86. The molecule has 0 amide bonds. The van der Waals surface area contributed by atoms with Gasteiger partial charge in [0.05, 0.1) is 16.9 Å².